The second-order valence-corrected chi connectivity index (χ2v) is 3.10. The maximum absolute atomic E-state index is 11.5. The molecule has 7 heteroatoms. The Morgan fingerprint density at radius 3 is 3.25 bits per heavy atom. The molecule has 0 saturated carbocycles. The molecular weight excluding hydrogens is 212 g/mol. The van der Waals surface area contributed by atoms with E-state index in [0.717, 1.165) is 0 Å². The van der Waals surface area contributed by atoms with Crippen molar-refractivity contribution >= 4 is 24.1 Å². The molecule has 0 aromatic rings. The number of nitrogens with one attached hydrogen (secondary N) is 2. The van der Waals surface area contributed by atoms with Crippen molar-refractivity contribution in [2.75, 3.05) is 6.61 Å². The van der Waals surface area contributed by atoms with Gasteiger partial charge in [0.05, 0.1) is 6.61 Å². The highest BCUT2D eigenvalue weighted by molar-refractivity contribution is 6.44. The zero-order valence-corrected chi connectivity index (χ0v) is 8.56. The standard InChI is InChI=1S/C9H10N4O3/c1-2-16-9(15)13-6-3-5-7(8(14)12-6)11-4-10-5/h3-5H,2H2,1H3,(H,12,14)(H,13,15). The summed E-state index contributed by atoms with van der Waals surface area (Å²) in [6.45, 7) is 1.96. The van der Waals surface area contributed by atoms with Crippen LogP contribution in [0, 0.1) is 0 Å². The van der Waals surface area contributed by atoms with E-state index in [-0.39, 0.29) is 18.3 Å². The second-order valence-electron chi connectivity index (χ2n) is 3.10. The minimum absolute atomic E-state index is 0.265. The number of aliphatic imine (C=N–C) groups is 2. The molecule has 2 rings (SSSR count). The third-order valence-electron chi connectivity index (χ3n) is 2.02. The zero-order valence-electron chi connectivity index (χ0n) is 8.56. The molecule has 0 aromatic heterocycles. The predicted octanol–water partition coefficient (Wildman–Crippen LogP) is -0.445. The summed E-state index contributed by atoms with van der Waals surface area (Å²) >= 11 is 0. The van der Waals surface area contributed by atoms with Crippen molar-refractivity contribution in [3.05, 3.63) is 11.9 Å². The summed E-state index contributed by atoms with van der Waals surface area (Å²) < 4.78 is 4.68. The Labute approximate surface area is 91.3 Å². The lowest BCUT2D eigenvalue weighted by Crippen LogP contribution is -2.45. The Bertz CT molecular complexity index is 424. The molecular formula is C9H10N4O3. The quantitative estimate of drug-likeness (QED) is 0.663. The minimum Gasteiger partial charge on any atom is -0.450 e. The minimum atomic E-state index is -0.614. The van der Waals surface area contributed by atoms with Crippen LogP contribution in [0.3, 0.4) is 0 Å². The van der Waals surface area contributed by atoms with Gasteiger partial charge >= 0.3 is 6.09 Å². The molecule has 2 heterocycles. The van der Waals surface area contributed by atoms with E-state index < -0.39 is 12.1 Å². The molecule has 7 nitrogen and oxygen atoms in total. The molecule has 0 spiro atoms. The van der Waals surface area contributed by atoms with Crippen LogP contribution in [0.4, 0.5) is 4.79 Å². The maximum Gasteiger partial charge on any atom is 0.412 e. The Balaban J connectivity index is 2.07. The van der Waals surface area contributed by atoms with Crippen LogP contribution < -0.4 is 10.6 Å². The van der Waals surface area contributed by atoms with Crippen LogP contribution in [-0.2, 0) is 9.53 Å². The fraction of sp³-hybridized carbons (Fsp3) is 0.333. The topological polar surface area (TPSA) is 92.2 Å². The van der Waals surface area contributed by atoms with Gasteiger partial charge in [0, 0.05) is 0 Å². The van der Waals surface area contributed by atoms with Gasteiger partial charge in [-0.15, -0.1) is 0 Å². The lowest BCUT2D eigenvalue weighted by molar-refractivity contribution is -0.114. The monoisotopic (exact) mass is 222 g/mol. The lowest BCUT2D eigenvalue weighted by atomic mass is 10.1. The van der Waals surface area contributed by atoms with Gasteiger partial charge in [-0.2, -0.15) is 0 Å². The Morgan fingerprint density at radius 1 is 1.69 bits per heavy atom. The summed E-state index contributed by atoms with van der Waals surface area (Å²) in [5, 5.41) is 4.88. The van der Waals surface area contributed by atoms with Crippen molar-refractivity contribution in [1.29, 1.82) is 0 Å². The number of amides is 2. The average molecular weight is 222 g/mol. The van der Waals surface area contributed by atoms with E-state index in [1.807, 2.05) is 0 Å². The SMILES string of the molecule is CCOC(=O)NC1=CC2N=CN=C2C(=O)N1. The molecule has 1 atom stereocenters. The molecule has 1 unspecified atom stereocenters. The molecule has 84 valence electrons. The summed E-state index contributed by atoms with van der Waals surface area (Å²) in [4.78, 5) is 30.4. The van der Waals surface area contributed by atoms with Crippen LogP contribution in [0.25, 0.3) is 0 Å². The molecule has 2 amide bonds. The van der Waals surface area contributed by atoms with Gasteiger partial charge in [-0.25, -0.2) is 9.79 Å². The Morgan fingerprint density at radius 2 is 2.50 bits per heavy atom. The highest BCUT2D eigenvalue weighted by atomic mass is 16.5. The first-order valence-electron chi connectivity index (χ1n) is 4.77. The first-order chi connectivity index (χ1) is 7.70. The van der Waals surface area contributed by atoms with Crippen molar-refractivity contribution in [1.82, 2.24) is 10.6 Å². The molecule has 16 heavy (non-hydrogen) atoms. The van der Waals surface area contributed by atoms with E-state index in [1.54, 1.807) is 13.0 Å². The fourth-order valence-corrected chi connectivity index (χ4v) is 1.37. The maximum atomic E-state index is 11.5. The van der Waals surface area contributed by atoms with Crippen molar-refractivity contribution < 1.29 is 14.3 Å². The van der Waals surface area contributed by atoms with Gasteiger partial charge in [0.2, 0.25) is 0 Å². The highest BCUT2D eigenvalue weighted by Crippen LogP contribution is 2.10. The molecule has 0 radical (unpaired) electrons. The molecule has 0 aliphatic carbocycles. The van der Waals surface area contributed by atoms with Crippen LogP contribution in [0.1, 0.15) is 6.92 Å². The fourth-order valence-electron chi connectivity index (χ4n) is 1.37. The summed E-state index contributed by atoms with van der Waals surface area (Å²) in [5.41, 5.74) is 0.328. The summed E-state index contributed by atoms with van der Waals surface area (Å²) in [5.74, 6) is -0.0942. The molecule has 0 aromatic carbocycles. The van der Waals surface area contributed by atoms with E-state index in [9.17, 15) is 9.59 Å². The number of carbonyl (C=O) groups excluding carboxylic acids is 2. The molecule has 0 saturated heterocycles. The molecule has 0 bridgehead atoms. The Hall–Kier alpha value is -2.18. The zero-order chi connectivity index (χ0) is 11.5. The van der Waals surface area contributed by atoms with Gasteiger partial charge in [-0.05, 0) is 13.0 Å². The third-order valence-corrected chi connectivity index (χ3v) is 2.02. The van der Waals surface area contributed by atoms with Crippen LogP contribution in [0.2, 0.25) is 0 Å². The molecule has 2 aliphatic heterocycles. The third kappa shape index (κ3) is 1.92. The molecule has 0 fully saturated rings. The smallest absolute Gasteiger partial charge is 0.412 e. The normalized spacial score (nSPS) is 21.8. The first kappa shape index (κ1) is 10.3. The Kier molecular flexibility index (Phi) is 2.67. The number of fused-ring (bicyclic) bond motifs is 1. The lowest BCUT2D eigenvalue weighted by Gasteiger charge is -2.18. The highest BCUT2D eigenvalue weighted by Gasteiger charge is 2.29. The predicted molar refractivity (Wildman–Crippen MR) is 56.1 cm³/mol. The summed E-state index contributed by atoms with van der Waals surface area (Å²) in [6, 6.07) is -0.411. The van der Waals surface area contributed by atoms with Gasteiger partial charge < -0.3 is 10.1 Å². The number of alkyl carbamates (subject to hydrolysis) is 1. The second kappa shape index (κ2) is 4.13. The van der Waals surface area contributed by atoms with Crippen LogP contribution in [0.15, 0.2) is 21.9 Å². The van der Waals surface area contributed by atoms with Crippen LogP contribution in [0.5, 0.6) is 0 Å². The van der Waals surface area contributed by atoms with Crippen LogP contribution in [-0.4, -0.2) is 36.7 Å². The number of ether oxygens (including phenoxy) is 1. The number of rotatable bonds is 2. The van der Waals surface area contributed by atoms with E-state index in [1.165, 1.54) is 6.34 Å². The number of nitrogens with zero attached hydrogens (tertiary/aromatic N) is 2. The first-order valence-corrected chi connectivity index (χ1v) is 4.77. The number of hydrogen-bond donors (Lipinski definition) is 2. The van der Waals surface area contributed by atoms with Gasteiger partial charge in [0.1, 0.15) is 23.9 Å². The average Bonchev–Trinajstić information content (AvgIpc) is 2.66. The number of hydrogen-bond acceptors (Lipinski definition) is 5. The molecule has 2 N–H and O–H groups in total. The van der Waals surface area contributed by atoms with Gasteiger partial charge in [-0.3, -0.25) is 15.1 Å². The summed E-state index contributed by atoms with van der Waals surface area (Å²) in [6.07, 6.45) is 2.31. The van der Waals surface area contributed by atoms with Gasteiger partial charge in [-0.1, -0.05) is 0 Å². The largest absolute Gasteiger partial charge is 0.450 e. The van der Waals surface area contributed by atoms with Crippen molar-refractivity contribution in [2.45, 2.75) is 13.0 Å². The number of carbonyl (C=O) groups is 2. The van der Waals surface area contributed by atoms with Crippen molar-refractivity contribution in [3.63, 3.8) is 0 Å². The van der Waals surface area contributed by atoms with Crippen molar-refractivity contribution in [2.24, 2.45) is 9.98 Å². The van der Waals surface area contributed by atoms with Gasteiger partial charge in [0.25, 0.3) is 5.91 Å². The van der Waals surface area contributed by atoms with E-state index in [4.69, 9.17) is 0 Å². The summed E-state index contributed by atoms with van der Waals surface area (Å²) in [7, 11) is 0. The van der Waals surface area contributed by atoms with E-state index in [2.05, 4.69) is 25.4 Å². The van der Waals surface area contributed by atoms with Crippen molar-refractivity contribution in [3.8, 4) is 0 Å². The van der Waals surface area contributed by atoms with Gasteiger partial charge in [0.15, 0.2) is 0 Å². The van der Waals surface area contributed by atoms with E-state index in [0.29, 0.717) is 5.71 Å². The van der Waals surface area contributed by atoms with E-state index >= 15 is 0 Å². The molecule has 2 aliphatic rings. The van der Waals surface area contributed by atoms with Crippen LogP contribution >= 0.6 is 0 Å².